The molecule has 3 rings (SSSR count). The molecule has 1 heterocycles. The second kappa shape index (κ2) is 8.67. The van der Waals surface area contributed by atoms with E-state index in [4.69, 9.17) is 18.9 Å². The van der Waals surface area contributed by atoms with Crippen molar-refractivity contribution in [2.45, 2.75) is 6.54 Å². The Kier molecular flexibility index (Phi) is 6.06. The van der Waals surface area contributed by atoms with Gasteiger partial charge in [-0.3, -0.25) is 4.79 Å². The van der Waals surface area contributed by atoms with Crippen LogP contribution in [0.4, 0.5) is 0 Å². The lowest BCUT2D eigenvalue weighted by atomic mass is 10.1. The van der Waals surface area contributed by atoms with Gasteiger partial charge in [-0.2, -0.15) is 5.26 Å². The number of carbonyl (C=O) groups excluding carboxylic acids is 1. The van der Waals surface area contributed by atoms with Crippen LogP contribution < -0.4 is 24.3 Å². The van der Waals surface area contributed by atoms with Crippen molar-refractivity contribution in [1.82, 2.24) is 5.32 Å². The van der Waals surface area contributed by atoms with Gasteiger partial charge in [0, 0.05) is 16.6 Å². The third kappa shape index (κ3) is 4.21. The Morgan fingerprint density at radius 1 is 1.25 bits per heavy atom. The van der Waals surface area contributed by atoms with Gasteiger partial charge in [-0.25, -0.2) is 0 Å². The second-order valence-corrected chi connectivity index (χ2v) is 6.69. The zero-order chi connectivity index (χ0) is 20.1. The fraction of sp³-hybridized carbons (Fsp3) is 0.200. The van der Waals surface area contributed by atoms with Crippen LogP contribution in [0.25, 0.3) is 6.08 Å². The highest BCUT2D eigenvalue weighted by molar-refractivity contribution is 9.10. The molecule has 0 atom stereocenters. The summed E-state index contributed by atoms with van der Waals surface area (Å²) in [7, 11) is 3.01. The van der Waals surface area contributed by atoms with Crippen LogP contribution in [0.3, 0.4) is 0 Å². The molecular formula is C20H17BrN2O5. The molecule has 7 nitrogen and oxygen atoms in total. The van der Waals surface area contributed by atoms with Crippen molar-refractivity contribution in [2.24, 2.45) is 0 Å². The number of hydrogen-bond acceptors (Lipinski definition) is 6. The van der Waals surface area contributed by atoms with E-state index in [1.807, 2.05) is 12.1 Å². The first kappa shape index (κ1) is 19.6. The number of halogens is 1. The van der Waals surface area contributed by atoms with E-state index < -0.39 is 5.91 Å². The molecule has 0 saturated heterocycles. The molecule has 0 saturated carbocycles. The number of amides is 1. The first-order chi connectivity index (χ1) is 13.5. The summed E-state index contributed by atoms with van der Waals surface area (Å²) in [4.78, 5) is 12.5. The summed E-state index contributed by atoms with van der Waals surface area (Å²) in [6.07, 6.45) is 1.46. The quantitative estimate of drug-likeness (QED) is 0.542. The Morgan fingerprint density at radius 3 is 2.75 bits per heavy atom. The Morgan fingerprint density at radius 2 is 2.04 bits per heavy atom. The normalized spacial score (nSPS) is 12.3. The maximum absolute atomic E-state index is 12.5. The van der Waals surface area contributed by atoms with Gasteiger partial charge in [-0.05, 0) is 35.9 Å². The number of ether oxygens (including phenoxy) is 4. The van der Waals surface area contributed by atoms with Crippen LogP contribution in [-0.2, 0) is 11.3 Å². The van der Waals surface area contributed by atoms with Crippen LogP contribution in [0.1, 0.15) is 11.1 Å². The van der Waals surface area contributed by atoms with Crippen LogP contribution in [-0.4, -0.2) is 26.9 Å². The largest absolute Gasteiger partial charge is 0.493 e. The van der Waals surface area contributed by atoms with E-state index in [9.17, 15) is 10.1 Å². The van der Waals surface area contributed by atoms with Gasteiger partial charge < -0.3 is 24.3 Å². The number of hydrogen-bond donors (Lipinski definition) is 1. The van der Waals surface area contributed by atoms with E-state index >= 15 is 0 Å². The maximum atomic E-state index is 12.5. The van der Waals surface area contributed by atoms with E-state index in [0.29, 0.717) is 28.6 Å². The Balaban J connectivity index is 1.78. The number of fused-ring (bicyclic) bond motifs is 1. The minimum atomic E-state index is -0.499. The van der Waals surface area contributed by atoms with Crippen LogP contribution in [0.15, 0.2) is 40.4 Å². The average molecular weight is 445 g/mol. The van der Waals surface area contributed by atoms with Gasteiger partial charge in [0.25, 0.3) is 5.91 Å². The van der Waals surface area contributed by atoms with Gasteiger partial charge >= 0.3 is 0 Å². The van der Waals surface area contributed by atoms with Crippen molar-refractivity contribution in [2.75, 3.05) is 21.0 Å². The highest BCUT2D eigenvalue weighted by Gasteiger charge is 2.16. The predicted octanol–water partition coefficient (Wildman–Crippen LogP) is 3.42. The third-order valence-corrected chi connectivity index (χ3v) is 4.49. The van der Waals surface area contributed by atoms with Gasteiger partial charge in [-0.1, -0.05) is 22.0 Å². The number of nitriles is 1. The second-order valence-electron chi connectivity index (χ2n) is 5.77. The van der Waals surface area contributed by atoms with E-state index in [-0.39, 0.29) is 18.9 Å². The lowest BCUT2D eigenvalue weighted by Gasteiger charge is -2.12. The summed E-state index contributed by atoms with van der Waals surface area (Å²) in [6.45, 7) is 0.428. The molecule has 1 aliphatic heterocycles. The molecule has 1 N–H and O–H groups in total. The molecule has 8 heteroatoms. The number of rotatable bonds is 6. The minimum Gasteiger partial charge on any atom is -0.493 e. The molecule has 28 heavy (non-hydrogen) atoms. The molecule has 0 spiro atoms. The summed E-state index contributed by atoms with van der Waals surface area (Å²) in [5.41, 5.74) is 1.32. The van der Waals surface area contributed by atoms with Crippen molar-refractivity contribution in [3.05, 3.63) is 51.5 Å². The number of methoxy groups -OCH3 is 2. The number of benzene rings is 2. The van der Waals surface area contributed by atoms with Gasteiger partial charge in [0.2, 0.25) is 6.79 Å². The van der Waals surface area contributed by atoms with Crippen molar-refractivity contribution in [1.29, 1.82) is 5.26 Å². The molecule has 0 fully saturated rings. The predicted molar refractivity (Wildman–Crippen MR) is 105 cm³/mol. The van der Waals surface area contributed by atoms with Crippen molar-refractivity contribution in [3.8, 4) is 29.1 Å². The molecule has 2 aromatic rings. The van der Waals surface area contributed by atoms with Crippen molar-refractivity contribution >= 4 is 27.9 Å². The Hall–Kier alpha value is -3.18. The van der Waals surface area contributed by atoms with E-state index in [1.165, 1.54) is 20.3 Å². The highest BCUT2D eigenvalue weighted by Crippen LogP contribution is 2.36. The first-order valence-electron chi connectivity index (χ1n) is 8.25. The fourth-order valence-corrected chi connectivity index (χ4v) is 3.15. The lowest BCUT2D eigenvalue weighted by Crippen LogP contribution is -2.23. The van der Waals surface area contributed by atoms with Crippen LogP contribution >= 0.6 is 15.9 Å². The summed E-state index contributed by atoms with van der Waals surface area (Å²) >= 11 is 3.38. The van der Waals surface area contributed by atoms with Crippen LogP contribution in [0, 0.1) is 11.3 Å². The molecule has 0 radical (unpaired) electrons. The Labute approximate surface area is 170 Å². The fourth-order valence-electron chi connectivity index (χ4n) is 2.70. The lowest BCUT2D eigenvalue weighted by molar-refractivity contribution is -0.117. The zero-order valence-electron chi connectivity index (χ0n) is 15.2. The molecule has 2 aromatic carbocycles. The van der Waals surface area contributed by atoms with Crippen molar-refractivity contribution in [3.63, 3.8) is 0 Å². The van der Waals surface area contributed by atoms with Gasteiger partial charge in [0.05, 0.1) is 14.2 Å². The molecule has 1 aliphatic rings. The van der Waals surface area contributed by atoms with Crippen LogP contribution in [0.5, 0.6) is 23.0 Å². The average Bonchev–Trinajstić information content (AvgIpc) is 3.17. The molecule has 0 aliphatic carbocycles. The van der Waals surface area contributed by atoms with E-state index in [2.05, 4.69) is 21.2 Å². The highest BCUT2D eigenvalue weighted by atomic mass is 79.9. The summed E-state index contributed by atoms with van der Waals surface area (Å²) in [6, 6.07) is 10.8. The summed E-state index contributed by atoms with van der Waals surface area (Å²) < 4.78 is 22.0. The molecule has 1 amide bonds. The number of nitrogens with one attached hydrogen (secondary N) is 1. The minimum absolute atomic E-state index is 0.0563. The van der Waals surface area contributed by atoms with Crippen molar-refractivity contribution < 1.29 is 23.7 Å². The molecule has 144 valence electrons. The molecule has 0 aromatic heterocycles. The molecule has 0 bridgehead atoms. The zero-order valence-corrected chi connectivity index (χ0v) is 16.8. The van der Waals surface area contributed by atoms with Gasteiger partial charge in [-0.15, -0.1) is 0 Å². The van der Waals surface area contributed by atoms with E-state index in [0.717, 1.165) is 10.0 Å². The summed E-state index contributed by atoms with van der Waals surface area (Å²) in [5, 5.41) is 12.2. The number of carbonyl (C=O) groups is 1. The third-order valence-electron chi connectivity index (χ3n) is 4.03. The monoisotopic (exact) mass is 444 g/mol. The van der Waals surface area contributed by atoms with Gasteiger partial charge in [0.15, 0.2) is 23.0 Å². The van der Waals surface area contributed by atoms with E-state index in [1.54, 1.807) is 24.3 Å². The first-order valence-corrected chi connectivity index (χ1v) is 9.05. The van der Waals surface area contributed by atoms with Crippen LogP contribution in [0.2, 0.25) is 0 Å². The standard InChI is InChI=1S/C20H17BrN2O5/c1-25-18-8-15(21)7-13(19(18)26-2)6-14(9-22)20(24)23-10-12-3-4-16-17(5-12)28-11-27-16/h3-8H,10-11H2,1-2H3,(H,23,24)/b14-6+. The number of nitrogens with zero attached hydrogens (tertiary/aromatic N) is 1. The van der Waals surface area contributed by atoms with Gasteiger partial charge in [0.1, 0.15) is 11.6 Å². The summed E-state index contributed by atoms with van der Waals surface area (Å²) in [5.74, 6) is 1.72. The maximum Gasteiger partial charge on any atom is 0.262 e. The molecule has 0 unspecified atom stereocenters. The topological polar surface area (TPSA) is 89.8 Å². The smallest absolute Gasteiger partial charge is 0.262 e. The SMILES string of the molecule is COc1cc(Br)cc(/C=C(\C#N)C(=O)NCc2ccc3c(c2)OCO3)c1OC. The molecular weight excluding hydrogens is 428 g/mol. The Bertz CT molecular complexity index is 981.